The van der Waals surface area contributed by atoms with E-state index in [1.54, 1.807) is 0 Å². The predicted molar refractivity (Wildman–Crippen MR) is 105 cm³/mol. The fourth-order valence-electron chi connectivity index (χ4n) is 5.24. The number of hydrogen-bond donors (Lipinski definition) is 2. The summed E-state index contributed by atoms with van der Waals surface area (Å²) in [5.41, 5.74) is 1.09. The molecule has 0 aromatic heterocycles. The number of nitrogens with zero attached hydrogens (tertiary/aromatic N) is 1. The molecule has 0 spiro atoms. The standard InChI is InChI=1S/C22H31N3O2/c1-15(16-8-4-2-5-9-16)23-21(26)20-17-12-13-19(14-17)25(20)22(27)24-18-10-6-3-7-11-18/h2,4-5,8-9,15,17-20H,3,6-7,10-14H2,1H3,(H,23,26)(H,24,27)/t15-,17+,19+,20+/m1/s1. The van der Waals surface area contributed by atoms with Gasteiger partial charge in [0.25, 0.3) is 0 Å². The summed E-state index contributed by atoms with van der Waals surface area (Å²) < 4.78 is 0. The summed E-state index contributed by atoms with van der Waals surface area (Å²) in [4.78, 5) is 28.0. The molecule has 3 fully saturated rings. The van der Waals surface area contributed by atoms with Crippen molar-refractivity contribution >= 4 is 11.9 Å². The fourth-order valence-corrected chi connectivity index (χ4v) is 5.24. The molecule has 1 heterocycles. The van der Waals surface area contributed by atoms with Crippen LogP contribution in [-0.4, -0.2) is 35.0 Å². The van der Waals surface area contributed by atoms with Gasteiger partial charge in [-0.2, -0.15) is 0 Å². The Morgan fingerprint density at radius 1 is 1.04 bits per heavy atom. The van der Waals surface area contributed by atoms with Gasteiger partial charge < -0.3 is 15.5 Å². The second kappa shape index (κ2) is 7.91. The first-order valence-electron chi connectivity index (χ1n) is 10.6. The smallest absolute Gasteiger partial charge is 0.318 e. The number of nitrogens with one attached hydrogen (secondary N) is 2. The zero-order valence-corrected chi connectivity index (χ0v) is 16.2. The monoisotopic (exact) mass is 369 g/mol. The van der Waals surface area contributed by atoms with Crippen molar-refractivity contribution in [3.8, 4) is 0 Å². The van der Waals surface area contributed by atoms with Crippen LogP contribution in [0.5, 0.6) is 0 Å². The van der Waals surface area contributed by atoms with Crippen molar-refractivity contribution in [3.05, 3.63) is 35.9 Å². The normalized spacial score (nSPS) is 28.8. The molecule has 4 atom stereocenters. The van der Waals surface area contributed by atoms with E-state index in [1.165, 1.54) is 19.3 Å². The number of carbonyl (C=O) groups excluding carboxylic acids is 2. The van der Waals surface area contributed by atoms with Gasteiger partial charge >= 0.3 is 6.03 Å². The number of carbonyl (C=O) groups is 2. The molecule has 5 nitrogen and oxygen atoms in total. The molecule has 2 N–H and O–H groups in total. The molecule has 2 aliphatic carbocycles. The Morgan fingerprint density at radius 2 is 1.78 bits per heavy atom. The van der Waals surface area contributed by atoms with Gasteiger partial charge in [0.1, 0.15) is 6.04 Å². The Morgan fingerprint density at radius 3 is 2.52 bits per heavy atom. The van der Waals surface area contributed by atoms with Crippen LogP contribution in [0.2, 0.25) is 0 Å². The van der Waals surface area contributed by atoms with Crippen molar-refractivity contribution in [1.29, 1.82) is 0 Å². The van der Waals surface area contributed by atoms with Gasteiger partial charge in [0, 0.05) is 12.1 Å². The molecular formula is C22H31N3O2. The van der Waals surface area contributed by atoms with Crippen molar-refractivity contribution in [2.75, 3.05) is 0 Å². The fraction of sp³-hybridized carbons (Fsp3) is 0.636. The van der Waals surface area contributed by atoms with Gasteiger partial charge in [-0.3, -0.25) is 4.79 Å². The quantitative estimate of drug-likeness (QED) is 0.849. The van der Waals surface area contributed by atoms with Gasteiger partial charge in [-0.25, -0.2) is 4.79 Å². The van der Waals surface area contributed by atoms with E-state index in [9.17, 15) is 9.59 Å². The number of rotatable bonds is 4. The Balaban J connectivity index is 1.43. The maximum atomic E-state index is 13.1. The lowest BCUT2D eigenvalue weighted by Gasteiger charge is -2.36. The molecule has 2 saturated carbocycles. The number of likely N-dealkylation sites (tertiary alicyclic amines) is 1. The summed E-state index contributed by atoms with van der Waals surface area (Å²) in [6.07, 6.45) is 8.83. The minimum Gasteiger partial charge on any atom is -0.348 e. The Kier molecular flexibility index (Phi) is 5.37. The van der Waals surface area contributed by atoms with Crippen LogP contribution in [0.4, 0.5) is 4.79 Å². The van der Waals surface area contributed by atoms with E-state index in [1.807, 2.05) is 42.2 Å². The lowest BCUT2D eigenvalue weighted by molar-refractivity contribution is -0.127. The highest BCUT2D eigenvalue weighted by molar-refractivity contribution is 5.89. The minimum absolute atomic E-state index is 0.00246. The molecular weight excluding hydrogens is 338 g/mol. The van der Waals surface area contributed by atoms with Gasteiger partial charge in [0.2, 0.25) is 5.91 Å². The summed E-state index contributed by atoms with van der Waals surface area (Å²) in [5.74, 6) is 0.299. The van der Waals surface area contributed by atoms with Crippen LogP contribution in [0.1, 0.15) is 69.9 Å². The van der Waals surface area contributed by atoms with Gasteiger partial charge in [0.05, 0.1) is 6.04 Å². The van der Waals surface area contributed by atoms with Gasteiger partial charge in [-0.15, -0.1) is 0 Å². The largest absolute Gasteiger partial charge is 0.348 e. The molecule has 5 heteroatoms. The van der Waals surface area contributed by atoms with Crippen LogP contribution in [0.15, 0.2) is 30.3 Å². The first-order chi connectivity index (χ1) is 13.1. The Bertz CT molecular complexity index is 671. The molecule has 3 aliphatic rings. The summed E-state index contributed by atoms with van der Waals surface area (Å²) in [5, 5.41) is 6.37. The highest BCUT2D eigenvalue weighted by Gasteiger charge is 2.51. The van der Waals surface area contributed by atoms with Crippen LogP contribution in [-0.2, 0) is 4.79 Å². The van der Waals surface area contributed by atoms with Crippen molar-refractivity contribution in [3.63, 3.8) is 0 Å². The summed E-state index contributed by atoms with van der Waals surface area (Å²) in [7, 11) is 0. The average Bonchev–Trinajstić information content (AvgIpc) is 3.31. The van der Waals surface area contributed by atoms with Crippen LogP contribution >= 0.6 is 0 Å². The van der Waals surface area contributed by atoms with E-state index in [0.717, 1.165) is 37.7 Å². The molecule has 1 saturated heterocycles. The van der Waals surface area contributed by atoms with E-state index in [2.05, 4.69) is 10.6 Å². The number of urea groups is 1. The maximum absolute atomic E-state index is 13.1. The molecule has 1 aliphatic heterocycles. The Hall–Kier alpha value is -2.04. The van der Waals surface area contributed by atoms with E-state index < -0.39 is 0 Å². The average molecular weight is 370 g/mol. The van der Waals surface area contributed by atoms with E-state index in [-0.39, 0.29) is 36.1 Å². The third-order valence-electron chi connectivity index (χ3n) is 6.68. The van der Waals surface area contributed by atoms with Crippen LogP contribution in [0.25, 0.3) is 0 Å². The lowest BCUT2D eigenvalue weighted by Crippen LogP contribution is -2.57. The number of hydrogen-bond acceptors (Lipinski definition) is 2. The molecule has 27 heavy (non-hydrogen) atoms. The highest BCUT2D eigenvalue weighted by atomic mass is 16.2. The maximum Gasteiger partial charge on any atom is 0.318 e. The molecule has 3 amide bonds. The topological polar surface area (TPSA) is 61.4 Å². The molecule has 2 bridgehead atoms. The van der Waals surface area contributed by atoms with Crippen molar-refractivity contribution in [2.45, 2.75) is 82.5 Å². The SMILES string of the molecule is C[C@@H](NC(=O)[C@@H]1[C@H]2CC[C@@H](C2)N1C(=O)NC1CCCCC1)c1ccccc1. The lowest BCUT2D eigenvalue weighted by atomic mass is 9.95. The number of fused-ring (bicyclic) bond motifs is 2. The number of benzene rings is 1. The number of amides is 3. The molecule has 4 rings (SSSR count). The third-order valence-corrected chi connectivity index (χ3v) is 6.68. The second-order valence-electron chi connectivity index (χ2n) is 8.50. The van der Waals surface area contributed by atoms with E-state index >= 15 is 0 Å². The molecule has 1 aromatic rings. The third kappa shape index (κ3) is 3.83. The first kappa shape index (κ1) is 18.3. The first-order valence-corrected chi connectivity index (χ1v) is 10.6. The van der Waals surface area contributed by atoms with Crippen molar-refractivity contribution < 1.29 is 9.59 Å². The Labute approximate surface area is 161 Å². The van der Waals surface area contributed by atoms with Crippen molar-refractivity contribution in [1.82, 2.24) is 15.5 Å². The van der Waals surface area contributed by atoms with Crippen LogP contribution in [0, 0.1) is 5.92 Å². The highest BCUT2D eigenvalue weighted by Crippen LogP contribution is 2.42. The summed E-state index contributed by atoms with van der Waals surface area (Å²) >= 11 is 0. The zero-order valence-electron chi connectivity index (χ0n) is 16.2. The summed E-state index contributed by atoms with van der Waals surface area (Å²) in [6, 6.07) is 10.1. The second-order valence-corrected chi connectivity index (χ2v) is 8.50. The van der Waals surface area contributed by atoms with Gasteiger partial charge in [0.15, 0.2) is 0 Å². The molecule has 0 radical (unpaired) electrons. The van der Waals surface area contributed by atoms with Gasteiger partial charge in [-0.05, 0) is 50.5 Å². The molecule has 0 unspecified atom stereocenters. The van der Waals surface area contributed by atoms with E-state index in [0.29, 0.717) is 5.92 Å². The molecule has 1 aromatic carbocycles. The van der Waals surface area contributed by atoms with Crippen molar-refractivity contribution in [2.24, 2.45) is 5.92 Å². The van der Waals surface area contributed by atoms with E-state index in [4.69, 9.17) is 0 Å². The van der Waals surface area contributed by atoms with Crippen LogP contribution in [0.3, 0.4) is 0 Å². The minimum atomic E-state index is -0.321. The zero-order chi connectivity index (χ0) is 18.8. The van der Waals surface area contributed by atoms with Gasteiger partial charge in [-0.1, -0.05) is 49.6 Å². The molecule has 146 valence electrons. The number of piperidine rings is 1. The predicted octanol–water partition coefficient (Wildman–Crippen LogP) is 3.76. The summed E-state index contributed by atoms with van der Waals surface area (Å²) in [6.45, 7) is 2.01. The van der Waals surface area contributed by atoms with Crippen LogP contribution < -0.4 is 10.6 Å².